The lowest BCUT2D eigenvalue weighted by Crippen LogP contribution is -2.44. The van der Waals surface area contributed by atoms with Crippen LogP contribution in [0.15, 0.2) is 41.7 Å². The zero-order chi connectivity index (χ0) is 20.6. The van der Waals surface area contributed by atoms with E-state index in [1.807, 2.05) is 34.0 Å². The van der Waals surface area contributed by atoms with E-state index in [9.17, 15) is 5.11 Å². The number of ether oxygens (including phenoxy) is 1. The third kappa shape index (κ3) is 8.71. The predicted octanol–water partition coefficient (Wildman–Crippen LogP) is 2.93. The molecule has 0 saturated heterocycles. The summed E-state index contributed by atoms with van der Waals surface area (Å²) in [7, 11) is 1.83. The number of nitrogens with zero attached hydrogens (tertiary/aromatic N) is 3. The lowest BCUT2D eigenvalue weighted by Gasteiger charge is -2.23. The van der Waals surface area contributed by atoms with E-state index in [1.165, 1.54) is 0 Å². The molecule has 0 saturated carbocycles. The maximum atomic E-state index is 10.7. The molecule has 8 heteroatoms. The fraction of sp³-hybridized carbons (Fsp3) is 0.524. The van der Waals surface area contributed by atoms with Crippen molar-refractivity contribution in [3.63, 3.8) is 0 Å². The van der Waals surface area contributed by atoms with E-state index in [1.54, 1.807) is 17.8 Å². The average molecular weight is 515 g/mol. The Kier molecular flexibility index (Phi) is 10.6. The van der Waals surface area contributed by atoms with Gasteiger partial charge in [-0.3, -0.25) is 4.68 Å². The first-order valence-corrected chi connectivity index (χ1v) is 9.73. The molecule has 0 aliphatic carbocycles. The van der Waals surface area contributed by atoms with Crippen LogP contribution in [0, 0.1) is 0 Å². The van der Waals surface area contributed by atoms with Gasteiger partial charge in [0.2, 0.25) is 0 Å². The van der Waals surface area contributed by atoms with Gasteiger partial charge in [0, 0.05) is 25.4 Å². The molecule has 3 N–H and O–H groups in total. The minimum atomic E-state index is -1.04. The third-order valence-electron chi connectivity index (χ3n) is 4.30. The summed E-state index contributed by atoms with van der Waals surface area (Å²) < 4.78 is 7.30. The van der Waals surface area contributed by atoms with E-state index in [-0.39, 0.29) is 30.1 Å². The van der Waals surface area contributed by atoms with Crippen LogP contribution in [0.25, 0.3) is 0 Å². The number of nitrogens with one attached hydrogen (secondary N) is 2. The van der Waals surface area contributed by atoms with E-state index in [2.05, 4.69) is 45.0 Å². The van der Waals surface area contributed by atoms with Crippen molar-refractivity contribution >= 4 is 29.9 Å². The van der Waals surface area contributed by atoms with Crippen LogP contribution in [-0.2, 0) is 30.5 Å². The molecule has 29 heavy (non-hydrogen) atoms. The smallest absolute Gasteiger partial charge is 0.191 e. The maximum absolute atomic E-state index is 10.7. The lowest BCUT2D eigenvalue weighted by atomic mass is 10.00. The number of aliphatic imine (C=N–C) groups is 1. The van der Waals surface area contributed by atoms with Crippen molar-refractivity contribution < 1.29 is 9.84 Å². The Balaban J connectivity index is 0.00000420. The standard InChI is InChI=1S/C21H33N5O2.HI/c1-6-22-20(24-15-21(4,27)19-12-25-26(5)13-19)23-11-17-7-9-18(10-8-17)14-28-16(2)3;/h7-10,12-13,16,27H,6,11,14-15H2,1-5H3,(H2,22,23,24);1H. The quantitative estimate of drug-likeness (QED) is 0.272. The summed E-state index contributed by atoms with van der Waals surface area (Å²) in [4.78, 5) is 4.62. The second-order valence-corrected chi connectivity index (χ2v) is 7.40. The molecule has 2 rings (SSSR count). The van der Waals surface area contributed by atoms with E-state index < -0.39 is 5.60 Å². The third-order valence-corrected chi connectivity index (χ3v) is 4.30. The molecular weight excluding hydrogens is 481 g/mol. The lowest BCUT2D eigenvalue weighted by molar-refractivity contribution is 0.0616. The van der Waals surface area contributed by atoms with Crippen LogP contribution < -0.4 is 10.6 Å². The van der Waals surface area contributed by atoms with Gasteiger partial charge in [0.1, 0.15) is 5.60 Å². The molecule has 1 aromatic carbocycles. The number of hydrogen-bond donors (Lipinski definition) is 3. The highest BCUT2D eigenvalue weighted by atomic mass is 127. The van der Waals surface area contributed by atoms with Crippen molar-refractivity contribution in [2.75, 3.05) is 13.1 Å². The number of aliphatic hydroxyl groups is 1. The number of aryl methyl sites for hydroxylation is 1. The fourth-order valence-electron chi connectivity index (χ4n) is 2.57. The van der Waals surface area contributed by atoms with Gasteiger partial charge in [-0.05, 0) is 38.8 Å². The summed E-state index contributed by atoms with van der Waals surface area (Å²) in [6.07, 6.45) is 3.72. The van der Waals surface area contributed by atoms with Gasteiger partial charge in [0.05, 0.1) is 32.0 Å². The minimum absolute atomic E-state index is 0. The summed E-state index contributed by atoms with van der Waals surface area (Å²) in [5, 5.41) is 21.3. The fourth-order valence-corrected chi connectivity index (χ4v) is 2.57. The van der Waals surface area contributed by atoms with Crippen LogP contribution in [0.1, 0.15) is 44.4 Å². The summed E-state index contributed by atoms with van der Waals surface area (Å²) in [6, 6.07) is 8.28. The minimum Gasteiger partial charge on any atom is -0.383 e. The van der Waals surface area contributed by atoms with Crippen LogP contribution >= 0.6 is 24.0 Å². The van der Waals surface area contributed by atoms with Crippen molar-refractivity contribution in [3.8, 4) is 0 Å². The van der Waals surface area contributed by atoms with Gasteiger partial charge in [-0.25, -0.2) is 4.99 Å². The molecule has 0 spiro atoms. The molecule has 0 aliphatic heterocycles. The summed E-state index contributed by atoms with van der Waals surface area (Å²) >= 11 is 0. The molecule has 2 aromatic rings. The molecule has 1 heterocycles. The van der Waals surface area contributed by atoms with E-state index in [4.69, 9.17) is 4.74 Å². The topological polar surface area (TPSA) is 83.7 Å². The van der Waals surface area contributed by atoms with Crippen molar-refractivity contribution in [2.24, 2.45) is 12.0 Å². The zero-order valence-electron chi connectivity index (χ0n) is 18.0. The SMILES string of the molecule is CCNC(=NCc1ccc(COC(C)C)cc1)NCC(C)(O)c1cnn(C)c1.I. The molecular formula is C21H34IN5O2. The molecule has 0 amide bonds. The predicted molar refractivity (Wildman–Crippen MR) is 127 cm³/mol. The number of aromatic nitrogens is 2. The van der Waals surface area contributed by atoms with Crippen LogP contribution in [0.2, 0.25) is 0 Å². The second-order valence-electron chi connectivity index (χ2n) is 7.40. The maximum Gasteiger partial charge on any atom is 0.191 e. The number of hydrogen-bond acceptors (Lipinski definition) is 4. The number of benzene rings is 1. The highest BCUT2D eigenvalue weighted by Crippen LogP contribution is 2.18. The van der Waals surface area contributed by atoms with Gasteiger partial charge < -0.3 is 20.5 Å². The Morgan fingerprint density at radius 1 is 1.24 bits per heavy atom. The highest BCUT2D eigenvalue weighted by molar-refractivity contribution is 14.0. The van der Waals surface area contributed by atoms with Crippen LogP contribution in [0.4, 0.5) is 0 Å². The summed E-state index contributed by atoms with van der Waals surface area (Å²) in [5.41, 5.74) is 1.99. The first-order chi connectivity index (χ1) is 13.3. The van der Waals surface area contributed by atoms with Gasteiger partial charge >= 0.3 is 0 Å². The van der Waals surface area contributed by atoms with E-state index >= 15 is 0 Å². The molecule has 162 valence electrons. The van der Waals surface area contributed by atoms with Gasteiger partial charge in [0.25, 0.3) is 0 Å². The van der Waals surface area contributed by atoms with Crippen LogP contribution in [0.3, 0.4) is 0 Å². The first kappa shape index (κ1) is 25.4. The van der Waals surface area contributed by atoms with Crippen molar-refractivity contribution in [3.05, 3.63) is 53.3 Å². The van der Waals surface area contributed by atoms with Crippen LogP contribution in [0.5, 0.6) is 0 Å². The second kappa shape index (κ2) is 12.1. The Labute approximate surface area is 191 Å². The first-order valence-electron chi connectivity index (χ1n) is 9.73. The zero-order valence-corrected chi connectivity index (χ0v) is 20.3. The van der Waals surface area contributed by atoms with Gasteiger partial charge in [-0.15, -0.1) is 24.0 Å². The molecule has 0 bridgehead atoms. The van der Waals surface area contributed by atoms with Crippen molar-refractivity contribution in [1.82, 2.24) is 20.4 Å². The molecule has 1 unspecified atom stereocenters. The van der Waals surface area contributed by atoms with Crippen molar-refractivity contribution in [1.29, 1.82) is 0 Å². The molecule has 1 atom stereocenters. The summed E-state index contributed by atoms with van der Waals surface area (Å²) in [6.45, 7) is 10.1. The Hall–Kier alpha value is -1.65. The Bertz CT molecular complexity index is 757. The van der Waals surface area contributed by atoms with E-state index in [0.717, 1.165) is 23.2 Å². The molecule has 1 aromatic heterocycles. The highest BCUT2D eigenvalue weighted by Gasteiger charge is 2.24. The van der Waals surface area contributed by atoms with Crippen LogP contribution in [-0.4, -0.2) is 40.0 Å². The normalized spacial score (nSPS) is 13.7. The molecule has 7 nitrogen and oxygen atoms in total. The van der Waals surface area contributed by atoms with E-state index in [0.29, 0.717) is 25.7 Å². The number of guanidine groups is 1. The number of halogens is 1. The monoisotopic (exact) mass is 515 g/mol. The molecule has 0 fully saturated rings. The molecule has 0 radical (unpaired) electrons. The Morgan fingerprint density at radius 3 is 2.45 bits per heavy atom. The molecule has 0 aliphatic rings. The van der Waals surface area contributed by atoms with Gasteiger partial charge in [-0.2, -0.15) is 5.10 Å². The average Bonchev–Trinajstić information content (AvgIpc) is 3.10. The number of rotatable bonds is 9. The van der Waals surface area contributed by atoms with Crippen molar-refractivity contribution in [2.45, 2.75) is 52.6 Å². The Morgan fingerprint density at radius 2 is 1.90 bits per heavy atom. The van der Waals surface area contributed by atoms with Gasteiger partial charge in [0.15, 0.2) is 5.96 Å². The summed E-state index contributed by atoms with van der Waals surface area (Å²) in [5.74, 6) is 0.666. The van der Waals surface area contributed by atoms with Gasteiger partial charge in [-0.1, -0.05) is 24.3 Å². The largest absolute Gasteiger partial charge is 0.383 e.